The Kier molecular flexibility index (Phi) is 3.51. The van der Waals surface area contributed by atoms with Crippen molar-refractivity contribution in [2.45, 2.75) is 38.3 Å². The number of para-hydroxylation sites is 1. The summed E-state index contributed by atoms with van der Waals surface area (Å²) < 4.78 is 5.55. The molecule has 2 saturated heterocycles. The maximum Gasteiger partial charge on any atom is 0.144 e. The quantitative estimate of drug-likeness (QED) is 0.817. The Hall–Kier alpha value is -1.42. The highest BCUT2D eigenvalue weighted by molar-refractivity contribution is 5.73. The second kappa shape index (κ2) is 5.29. The lowest BCUT2D eigenvalue weighted by molar-refractivity contribution is 0.318. The third-order valence-electron chi connectivity index (χ3n) is 4.31. The van der Waals surface area contributed by atoms with Crippen molar-refractivity contribution in [2.75, 3.05) is 30.7 Å². The third kappa shape index (κ3) is 2.37. The highest BCUT2D eigenvalue weighted by Crippen LogP contribution is 2.34. The van der Waals surface area contributed by atoms with Crippen LogP contribution in [0.3, 0.4) is 0 Å². The van der Waals surface area contributed by atoms with Crippen molar-refractivity contribution < 1.29 is 4.74 Å². The van der Waals surface area contributed by atoms with Crippen LogP contribution >= 0.6 is 0 Å². The van der Waals surface area contributed by atoms with Crippen LogP contribution in [0.25, 0.3) is 0 Å². The van der Waals surface area contributed by atoms with Crippen molar-refractivity contribution in [1.82, 2.24) is 4.90 Å². The van der Waals surface area contributed by atoms with E-state index in [1.165, 1.54) is 32.4 Å². The van der Waals surface area contributed by atoms with Crippen LogP contribution in [0.4, 0.5) is 11.4 Å². The number of nitrogens with zero attached hydrogens (tertiary/aromatic N) is 1. The third-order valence-corrected chi connectivity index (χ3v) is 4.31. The van der Waals surface area contributed by atoms with Crippen molar-refractivity contribution in [1.29, 1.82) is 0 Å². The molecular weight excluding hydrogens is 238 g/mol. The lowest BCUT2D eigenvalue weighted by atomic mass is 10.1. The van der Waals surface area contributed by atoms with Crippen LogP contribution in [0.2, 0.25) is 0 Å². The van der Waals surface area contributed by atoms with Crippen LogP contribution in [-0.4, -0.2) is 36.7 Å². The topological polar surface area (TPSA) is 50.5 Å². The van der Waals surface area contributed by atoms with E-state index in [2.05, 4.69) is 16.3 Å². The number of hydrogen-bond donors (Lipinski definition) is 2. The van der Waals surface area contributed by atoms with Crippen molar-refractivity contribution in [3.8, 4) is 5.75 Å². The average molecular weight is 261 g/mol. The van der Waals surface area contributed by atoms with Gasteiger partial charge in [0.15, 0.2) is 0 Å². The number of benzene rings is 1. The minimum absolute atomic E-state index is 0.529. The molecule has 0 aromatic heterocycles. The Bertz CT molecular complexity index is 449. The van der Waals surface area contributed by atoms with Gasteiger partial charge in [-0.2, -0.15) is 0 Å². The largest absolute Gasteiger partial charge is 0.492 e. The molecule has 0 radical (unpaired) electrons. The molecule has 0 spiro atoms. The van der Waals surface area contributed by atoms with E-state index >= 15 is 0 Å². The van der Waals surface area contributed by atoms with Crippen LogP contribution in [0.15, 0.2) is 18.2 Å². The summed E-state index contributed by atoms with van der Waals surface area (Å²) in [5, 5.41) is 3.63. The molecule has 0 aliphatic carbocycles. The molecule has 0 saturated carbocycles. The Balaban J connectivity index is 1.74. The van der Waals surface area contributed by atoms with E-state index in [0.29, 0.717) is 18.7 Å². The van der Waals surface area contributed by atoms with Gasteiger partial charge in [0.05, 0.1) is 18.0 Å². The average Bonchev–Trinajstić information content (AvgIpc) is 2.99. The van der Waals surface area contributed by atoms with E-state index in [1.54, 1.807) is 0 Å². The van der Waals surface area contributed by atoms with E-state index in [9.17, 15) is 0 Å². The fourth-order valence-corrected chi connectivity index (χ4v) is 3.40. The van der Waals surface area contributed by atoms with Crippen molar-refractivity contribution in [3.05, 3.63) is 18.2 Å². The van der Waals surface area contributed by atoms with E-state index < -0.39 is 0 Å². The summed E-state index contributed by atoms with van der Waals surface area (Å²) in [5.74, 6) is 0.786. The summed E-state index contributed by atoms with van der Waals surface area (Å²) in [7, 11) is 0. The number of hydrogen-bond acceptors (Lipinski definition) is 4. The van der Waals surface area contributed by atoms with Crippen molar-refractivity contribution in [3.63, 3.8) is 0 Å². The number of nitrogens with one attached hydrogen (secondary N) is 1. The van der Waals surface area contributed by atoms with Gasteiger partial charge in [0.2, 0.25) is 0 Å². The number of ether oxygens (including phenoxy) is 1. The zero-order chi connectivity index (χ0) is 13.2. The fraction of sp³-hybridized carbons (Fsp3) is 0.600. The summed E-state index contributed by atoms with van der Waals surface area (Å²) in [6, 6.07) is 7.21. The smallest absolute Gasteiger partial charge is 0.144 e. The second-order valence-electron chi connectivity index (χ2n) is 5.44. The summed E-state index contributed by atoms with van der Waals surface area (Å²) in [4.78, 5) is 2.60. The van der Waals surface area contributed by atoms with E-state index in [0.717, 1.165) is 17.1 Å². The van der Waals surface area contributed by atoms with Crippen LogP contribution in [-0.2, 0) is 0 Å². The molecule has 2 aliphatic rings. The van der Waals surface area contributed by atoms with Gasteiger partial charge in [-0.05, 0) is 44.9 Å². The van der Waals surface area contributed by atoms with Gasteiger partial charge < -0.3 is 15.8 Å². The van der Waals surface area contributed by atoms with E-state index in [4.69, 9.17) is 10.5 Å². The SMILES string of the molecule is CCOc1cccc(NC2CCN3CCCC23)c1N. The van der Waals surface area contributed by atoms with Gasteiger partial charge >= 0.3 is 0 Å². The number of nitrogens with two attached hydrogens (primary N) is 1. The minimum atomic E-state index is 0.529. The molecular formula is C15H23N3O. The first-order chi connectivity index (χ1) is 9.29. The maximum atomic E-state index is 6.18. The number of fused-ring (bicyclic) bond motifs is 1. The normalized spacial score (nSPS) is 26.4. The summed E-state index contributed by atoms with van der Waals surface area (Å²) >= 11 is 0. The predicted octanol–water partition coefficient (Wildman–Crippen LogP) is 2.32. The zero-order valence-electron chi connectivity index (χ0n) is 11.6. The lowest BCUT2D eigenvalue weighted by Gasteiger charge is -2.23. The summed E-state index contributed by atoms with van der Waals surface area (Å²) in [6.45, 7) is 5.10. The van der Waals surface area contributed by atoms with Gasteiger partial charge in [0.25, 0.3) is 0 Å². The van der Waals surface area contributed by atoms with E-state index in [-0.39, 0.29) is 0 Å². The van der Waals surface area contributed by atoms with Gasteiger partial charge in [-0.25, -0.2) is 0 Å². The molecule has 4 heteroatoms. The molecule has 0 amide bonds. The molecule has 3 N–H and O–H groups in total. The highest BCUT2D eigenvalue weighted by Gasteiger charge is 2.37. The predicted molar refractivity (Wildman–Crippen MR) is 78.6 cm³/mol. The van der Waals surface area contributed by atoms with Crippen LogP contribution in [0, 0.1) is 0 Å². The Morgan fingerprint density at radius 1 is 1.37 bits per heavy atom. The second-order valence-corrected chi connectivity index (χ2v) is 5.44. The lowest BCUT2D eigenvalue weighted by Crippen LogP contribution is -2.33. The van der Waals surface area contributed by atoms with Crippen LogP contribution in [0.5, 0.6) is 5.75 Å². The van der Waals surface area contributed by atoms with Crippen LogP contribution < -0.4 is 15.8 Å². The maximum absolute atomic E-state index is 6.18. The van der Waals surface area contributed by atoms with Gasteiger partial charge in [-0.15, -0.1) is 0 Å². The van der Waals surface area contributed by atoms with Gasteiger partial charge in [-0.1, -0.05) is 6.07 Å². The molecule has 2 fully saturated rings. The molecule has 2 atom stereocenters. The van der Waals surface area contributed by atoms with Crippen LogP contribution in [0.1, 0.15) is 26.2 Å². The molecule has 104 valence electrons. The Morgan fingerprint density at radius 3 is 3.11 bits per heavy atom. The highest BCUT2D eigenvalue weighted by atomic mass is 16.5. The molecule has 4 nitrogen and oxygen atoms in total. The Morgan fingerprint density at radius 2 is 2.26 bits per heavy atom. The number of anilines is 2. The number of rotatable bonds is 4. The van der Waals surface area contributed by atoms with Crippen molar-refractivity contribution in [2.24, 2.45) is 0 Å². The van der Waals surface area contributed by atoms with Crippen molar-refractivity contribution >= 4 is 11.4 Å². The summed E-state index contributed by atoms with van der Waals surface area (Å²) in [6.07, 6.45) is 3.85. The minimum Gasteiger partial charge on any atom is -0.492 e. The molecule has 2 aliphatic heterocycles. The number of nitrogen functional groups attached to an aromatic ring is 1. The molecule has 19 heavy (non-hydrogen) atoms. The van der Waals surface area contributed by atoms with Gasteiger partial charge in [-0.3, -0.25) is 4.90 Å². The van der Waals surface area contributed by atoms with Gasteiger partial charge in [0, 0.05) is 18.6 Å². The fourth-order valence-electron chi connectivity index (χ4n) is 3.40. The molecule has 0 bridgehead atoms. The molecule has 1 aromatic carbocycles. The summed E-state index contributed by atoms with van der Waals surface area (Å²) in [5.41, 5.74) is 7.94. The molecule has 1 aromatic rings. The zero-order valence-corrected chi connectivity index (χ0v) is 11.6. The standard InChI is InChI=1S/C15H23N3O/c1-2-19-14-7-3-5-12(15(14)16)17-11-8-10-18-9-4-6-13(11)18/h3,5,7,11,13,17H,2,4,6,8-10,16H2,1H3. The molecule has 3 rings (SSSR count). The first-order valence-corrected chi connectivity index (χ1v) is 7.31. The first-order valence-electron chi connectivity index (χ1n) is 7.31. The van der Waals surface area contributed by atoms with E-state index in [1.807, 2.05) is 19.1 Å². The first kappa shape index (κ1) is 12.6. The van der Waals surface area contributed by atoms with Gasteiger partial charge in [0.1, 0.15) is 5.75 Å². The molecule has 2 heterocycles. The monoisotopic (exact) mass is 261 g/mol. The Labute approximate surface area is 114 Å². The molecule has 2 unspecified atom stereocenters.